The Morgan fingerprint density at radius 3 is 2.71 bits per heavy atom. The number of amides is 1. The average molecular weight is 323 g/mol. The second-order valence-electron chi connectivity index (χ2n) is 5.32. The van der Waals surface area contributed by atoms with E-state index in [1.54, 1.807) is 0 Å². The summed E-state index contributed by atoms with van der Waals surface area (Å²) in [5, 5.41) is 6.30. The molecule has 0 bridgehead atoms. The topological polar surface area (TPSA) is 77.2 Å². The molecule has 0 aliphatic carbocycles. The van der Waals surface area contributed by atoms with Crippen molar-refractivity contribution in [3.8, 4) is 17.2 Å². The fourth-order valence-electron chi connectivity index (χ4n) is 2.16. The number of hydrogen-bond acceptors (Lipinski definition) is 5. The van der Waals surface area contributed by atoms with Crippen LogP contribution in [0.4, 0.5) is 5.95 Å². The molecule has 1 aromatic heterocycles. The van der Waals surface area contributed by atoms with Crippen molar-refractivity contribution in [2.24, 2.45) is 0 Å². The summed E-state index contributed by atoms with van der Waals surface area (Å²) in [6.07, 6.45) is 0. The molecule has 0 atom stereocenters. The summed E-state index contributed by atoms with van der Waals surface area (Å²) in [5.41, 5.74) is 2.91. The van der Waals surface area contributed by atoms with Gasteiger partial charge in [-0.1, -0.05) is 30.3 Å². The fourth-order valence-corrected chi connectivity index (χ4v) is 2.16. The Hall–Kier alpha value is -3.15. The second-order valence-corrected chi connectivity index (χ2v) is 5.32. The smallest absolute Gasteiger partial charge is 0.270 e. The molecule has 3 aromatic rings. The number of nitrogens with one attached hydrogen (secondary N) is 1. The standard InChI is InChI=1S/C18H17N3O3/c1-12-7-6-10-15(13(12)2)23-11-16(22)19-18-20-17(24-21-18)14-8-4-3-5-9-14/h3-10H,11H2,1-2H3,(H,19,21,22). The normalized spacial score (nSPS) is 10.4. The zero-order chi connectivity index (χ0) is 16.9. The van der Waals surface area contributed by atoms with Crippen molar-refractivity contribution >= 4 is 11.9 Å². The van der Waals surface area contributed by atoms with Gasteiger partial charge < -0.3 is 9.26 Å². The molecule has 0 aliphatic rings. The summed E-state index contributed by atoms with van der Waals surface area (Å²) >= 11 is 0. The average Bonchev–Trinajstić information content (AvgIpc) is 3.05. The first-order valence-corrected chi connectivity index (χ1v) is 7.51. The van der Waals surface area contributed by atoms with Gasteiger partial charge >= 0.3 is 0 Å². The number of carbonyl (C=O) groups is 1. The minimum atomic E-state index is -0.351. The van der Waals surface area contributed by atoms with Crippen molar-refractivity contribution in [1.29, 1.82) is 0 Å². The monoisotopic (exact) mass is 323 g/mol. The van der Waals surface area contributed by atoms with Crippen LogP contribution in [0.15, 0.2) is 53.1 Å². The van der Waals surface area contributed by atoms with Crippen molar-refractivity contribution in [1.82, 2.24) is 10.1 Å². The maximum absolute atomic E-state index is 12.0. The van der Waals surface area contributed by atoms with Gasteiger partial charge in [0.05, 0.1) is 0 Å². The predicted molar refractivity (Wildman–Crippen MR) is 89.8 cm³/mol. The summed E-state index contributed by atoms with van der Waals surface area (Å²) in [7, 11) is 0. The third-order valence-electron chi connectivity index (χ3n) is 3.61. The summed E-state index contributed by atoms with van der Waals surface area (Å²) in [4.78, 5) is 16.1. The van der Waals surface area contributed by atoms with Crippen LogP contribution in [0.3, 0.4) is 0 Å². The van der Waals surface area contributed by atoms with E-state index in [4.69, 9.17) is 9.26 Å². The third-order valence-corrected chi connectivity index (χ3v) is 3.61. The first kappa shape index (κ1) is 15.7. The largest absolute Gasteiger partial charge is 0.483 e. The number of hydrogen-bond donors (Lipinski definition) is 1. The van der Waals surface area contributed by atoms with Crippen molar-refractivity contribution in [3.05, 3.63) is 59.7 Å². The highest BCUT2D eigenvalue weighted by Gasteiger charge is 2.12. The quantitative estimate of drug-likeness (QED) is 0.779. The van der Waals surface area contributed by atoms with Gasteiger partial charge in [-0.25, -0.2) is 0 Å². The Labute approximate surface area is 139 Å². The molecule has 24 heavy (non-hydrogen) atoms. The summed E-state index contributed by atoms with van der Waals surface area (Å²) in [5.74, 6) is 0.796. The second kappa shape index (κ2) is 6.95. The lowest BCUT2D eigenvalue weighted by atomic mass is 10.1. The van der Waals surface area contributed by atoms with E-state index >= 15 is 0 Å². The van der Waals surface area contributed by atoms with E-state index in [1.807, 2.05) is 62.4 Å². The van der Waals surface area contributed by atoms with E-state index in [0.29, 0.717) is 11.6 Å². The van der Waals surface area contributed by atoms with Gasteiger partial charge in [0, 0.05) is 5.56 Å². The minimum Gasteiger partial charge on any atom is -0.483 e. The number of anilines is 1. The number of aromatic nitrogens is 2. The molecule has 0 radical (unpaired) electrons. The Bertz CT molecular complexity index is 844. The number of aryl methyl sites for hydroxylation is 1. The molecule has 0 unspecified atom stereocenters. The number of benzene rings is 2. The van der Waals surface area contributed by atoms with Gasteiger partial charge in [-0.15, -0.1) is 0 Å². The molecule has 0 fully saturated rings. The van der Waals surface area contributed by atoms with Crippen LogP contribution in [0.5, 0.6) is 5.75 Å². The first-order chi connectivity index (χ1) is 11.6. The molecule has 1 heterocycles. The third kappa shape index (κ3) is 3.60. The van der Waals surface area contributed by atoms with E-state index in [0.717, 1.165) is 16.7 Å². The Morgan fingerprint density at radius 2 is 1.92 bits per heavy atom. The van der Waals surface area contributed by atoms with Crippen LogP contribution in [0.1, 0.15) is 11.1 Å². The molecule has 3 rings (SSSR count). The van der Waals surface area contributed by atoms with E-state index in [9.17, 15) is 4.79 Å². The van der Waals surface area contributed by atoms with Gasteiger partial charge in [0.15, 0.2) is 6.61 Å². The van der Waals surface area contributed by atoms with Crippen molar-refractivity contribution in [3.63, 3.8) is 0 Å². The van der Waals surface area contributed by atoms with E-state index in [-0.39, 0.29) is 18.5 Å². The lowest BCUT2D eigenvalue weighted by molar-refractivity contribution is -0.118. The van der Waals surface area contributed by atoms with Gasteiger partial charge in [0.2, 0.25) is 0 Å². The van der Waals surface area contributed by atoms with E-state index in [1.165, 1.54) is 0 Å². The van der Waals surface area contributed by atoms with Gasteiger partial charge in [-0.05, 0) is 48.3 Å². The SMILES string of the molecule is Cc1cccc(OCC(=O)Nc2noc(-c3ccccc3)n2)c1C. The molecule has 0 aliphatic heterocycles. The fraction of sp³-hybridized carbons (Fsp3) is 0.167. The summed E-state index contributed by atoms with van der Waals surface area (Å²) < 4.78 is 10.7. The molecule has 122 valence electrons. The lowest BCUT2D eigenvalue weighted by Crippen LogP contribution is -2.21. The van der Waals surface area contributed by atoms with Gasteiger partial charge in [-0.3, -0.25) is 10.1 Å². The first-order valence-electron chi connectivity index (χ1n) is 7.51. The van der Waals surface area contributed by atoms with Crippen LogP contribution in [-0.4, -0.2) is 22.7 Å². The van der Waals surface area contributed by atoms with Gasteiger partial charge in [-0.2, -0.15) is 4.98 Å². The molecule has 0 spiro atoms. The molecular weight excluding hydrogens is 306 g/mol. The zero-order valence-electron chi connectivity index (χ0n) is 13.4. The summed E-state index contributed by atoms with van der Waals surface area (Å²) in [6.45, 7) is 3.82. The number of ether oxygens (including phenoxy) is 1. The molecule has 1 N–H and O–H groups in total. The molecule has 0 saturated carbocycles. The highest BCUT2D eigenvalue weighted by atomic mass is 16.5. The highest BCUT2D eigenvalue weighted by molar-refractivity contribution is 5.90. The van der Waals surface area contributed by atoms with Gasteiger partial charge in [0.1, 0.15) is 5.75 Å². The lowest BCUT2D eigenvalue weighted by Gasteiger charge is -2.09. The highest BCUT2D eigenvalue weighted by Crippen LogP contribution is 2.21. The Morgan fingerprint density at radius 1 is 1.12 bits per heavy atom. The molecule has 2 aromatic carbocycles. The van der Waals surface area contributed by atoms with Crippen molar-refractivity contribution in [2.75, 3.05) is 11.9 Å². The van der Waals surface area contributed by atoms with Crippen LogP contribution in [0.25, 0.3) is 11.5 Å². The molecule has 1 amide bonds. The Balaban J connectivity index is 1.59. The van der Waals surface area contributed by atoms with Crippen LogP contribution in [0, 0.1) is 13.8 Å². The van der Waals surface area contributed by atoms with Gasteiger partial charge in [0.25, 0.3) is 17.7 Å². The molecule has 0 saturated heterocycles. The maximum atomic E-state index is 12.0. The number of carbonyl (C=O) groups excluding carboxylic acids is 1. The van der Waals surface area contributed by atoms with Crippen LogP contribution in [0.2, 0.25) is 0 Å². The Kier molecular flexibility index (Phi) is 4.56. The van der Waals surface area contributed by atoms with Crippen molar-refractivity contribution in [2.45, 2.75) is 13.8 Å². The molecular formula is C18H17N3O3. The van der Waals surface area contributed by atoms with E-state index < -0.39 is 0 Å². The van der Waals surface area contributed by atoms with Crippen molar-refractivity contribution < 1.29 is 14.1 Å². The van der Waals surface area contributed by atoms with Crippen LogP contribution < -0.4 is 10.1 Å². The number of nitrogens with zero attached hydrogens (tertiary/aromatic N) is 2. The number of rotatable bonds is 5. The summed E-state index contributed by atoms with van der Waals surface area (Å²) in [6, 6.07) is 15.1. The van der Waals surface area contributed by atoms with E-state index in [2.05, 4.69) is 15.5 Å². The van der Waals surface area contributed by atoms with Crippen LogP contribution in [-0.2, 0) is 4.79 Å². The maximum Gasteiger partial charge on any atom is 0.270 e. The minimum absolute atomic E-state index is 0.114. The van der Waals surface area contributed by atoms with Crippen LogP contribution >= 0.6 is 0 Å². The molecule has 6 heteroatoms. The molecule has 6 nitrogen and oxygen atoms in total. The predicted octanol–water partition coefficient (Wildman–Crippen LogP) is 3.37. The zero-order valence-corrected chi connectivity index (χ0v) is 13.4.